The maximum absolute atomic E-state index is 2.67. The van der Waals surface area contributed by atoms with Gasteiger partial charge in [-0.1, -0.05) is 109 Å². The van der Waals surface area contributed by atoms with Crippen LogP contribution in [0.1, 0.15) is 12.8 Å². The summed E-state index contributed by atoms with van der Waals surface area (Å²) in [7, 11) is -2.74. The highest BCUT2D eigenvalue weighted by molar-refractivity contribution is 7.50. The first-order chi connectivity index (χ1) is 9.67. The number of hydrogen-bond acceptors (Lipinski definition) is 0. The Labute approximate surface area is 124 Å². The van der Waals surface area contributed by atoms with Crippen molar-refractivity contribution in [3.63, 3.8) is 0 Å². The molecule has 0 amide bonds. The summed E-state index contributed by atoms with van der Waals surface area (Å²) in [5, 5.41) is 3.38. The first-order valence-corrected chi connectivity index (χ1v) is 14.2. The fourth-order valence-electron chi connectivity index (χ4n) is 4.05. The fourth-order valence-corrected chi connectivity index (χ4v) is 20.0. The Morgan fingerprint density at radius 3 is 1.30 bits per heavy atom. The van der Waals surface area contributed by atoms with Crippen molar-refractivity contribution in [2.45, 2.75) is 38.0 Å². The van der Waals surface area contributed by atoms with E-state index in [4.69, 9.17) is 0 Å². The lowest BCUT2D eigenvalue weighted by molar-refractivity contribution is 0.844. The molecule has 2 aromatic rings. The van der Waals surface area contributed by atoms with Gasteiger partial charge in [-0.25, -0.2) is 0 Å². The molecular weight excluding hydrogens is 272 g/mol. The monoisotopic (exact) mass is 296 g/mol. The Kier molecular flexibility index (Phi) is 3.69. The third-order valence-electron chi connectivity index (χ3n) is 5.64. The van der Waals surface area contributed by atoms with Gasteiger partial charge in [-0.3, -0.25) is 0 Å². The summed E-state index contributed by atoms with van der Waals surface area (Å²) < 4.78 is 0. The molecule has 0 spiro atoms. The van der Waals surface area contributed by atoms with Gasteiger partial charge in [0.15, 0.2) is 0 Å². The summed E-state index contributed by atoms with van der Waals surface area (Å²) in [5.41, 5.74) is 0. The molecule has 0 nitrogen and oxygen atoms in total. The summed E-state index contributed by atoms with van der Waals surface area (Å²) in [4.78, 5) is 0. The number of rotatable bonds is 2. The molecule has 1 saturated heterocycles. The van der Waals surface area contributed by atoms with Crippen molar-refractivity contribution in [3.8, 4) is 0 Å². The Morgan fingerprint density at radius 1 is 0.600 bits per heavy atom. The highest BCUT2D eigenvalue weighted by Crippen LogP contribution is 2.35. The molecule has 1 heterocycles. The maximum Gasteiger partial charge on any atom is 0.0824 e. The Hall–Kier alpha value is -1.13. The second-order valence-electron chi connectivity index (χ2n) is 6.60. The van der Waals surface area contributed by atoms with Gasteiger partial charge in [0, 0.05) is 0 Å². The van der Waals surface area contributed by atoms with Crippen LogP contribution >= 0.6 is 0 Å². The van der Waals surface area contributed by atoms with Crippen molar-refractivity contribution >= 4 is 25.6 Å². The molecule has 3 rings (SSSR count). The Morgan fingerprint density at radius 2 is 0.950 bits per heavy atom. The topological polar surface area (TPSA) is 0 Å². The number of hydrogen-bond donors (Lipinski definition) is 0. The van der Waals surface area contributed by atoms with Crippen LogP contribution in [0.4, 0.5) is 0 Å². The van der Waals surface area contributed by atoms with E-state index in [0.29, 0.717) is 0 Å². The Balaban J connectivity index is 2.12. The molecule has 0 radical (unpaired) electrons. The predicted molar refractivity (Wildman–Crippen MR) is 94.2 cm³/mol. The molecule has 0 bridgehead atoms. The van der Waals surface area contributed by atoms with E-state index >= 15 is 0 Å². The van der Waals surface area contributed by atoms with E-state index in [-0.39, 0.29) is 0 Å². The van der Waals surface area contributed by atoms with E-state index in [9.17, 15) is 0 Å². The minimum atomic E-state index is -1.37. The zero-order chi connectivity index (χ0) is 14.1. The second-order valence-corrected chi connectivity index (χ2v) is 20.7. The van der Waals surface area contributed by atoms with E-state index in [1.807, 2.05) is 0 Å². The third kappa shape index (κ3) is 2.11. The average molecular weight is 297 g/mol. The van der Waals surface area contributed by atoms with Crippen molar-refractivity contribution in [2.75, 3.05) is 0 Å². The van der Waals surface area contributed by atoms with Gasteiger partial charge in [-0.05, 0) is 0 Å². The molecule has 1 aliphatic heterocycles. The quantitative estimate of drug-likeness (QED) is 0.739. The van der Waals surface area contributed by atoms with Crippen LogP contribution in [0.2, 0.25) is 25.2 Å². The van der Waals surface area contributed by atoms with Crippen LogP contribution in [0.5, 0.6) is 0 Å². The predicted octanol–water partition coefficient (Wildman–Crippen LogP) is 3.83. The normalized spacial score (nSPS) is 30.1. The zero-order valence-electron chi connectivity index (χ0n) is 12.6. The fraction of sp³-hybridized carbons (Fsp3) is 0.333. The summed E-state index contributed by atoms with van der Waals surface area (Å²) >= 11 is 0. The molecule has 1 aliphatic rings. The van der Waals surface area contributed by atoms with Crippen molar-refractivity contribution < 1.29 is 0 Å². The van der Waals surface area contributed by atoms with Gasteiger partial charge in [0.25, 0.3) is 0 Å². The van der Waals surface area contributed by atoms with Crippen molar-refractivity contribution in [1.82, 2.24) is 0 Å². The highest BCUT2D eigenvalue weighted by atomic mass is 29.3. The molecule has 20 heavy (non-hydrogen) atoms. The molecule has 1 fully saturated rings. The van der Waals surface area contributed by atoms with Crippen LogP contribution in [0.25, 0.3) is 0 Å². The first-order valence-electron chi connectivity index (χ1n) is 7.78. The van der Waals surface area contributed by atoms with Gasteiger partial charge in [-0.15, -0.1) is 0 Å². The van der Waals surface area contributed by atoms with Gasteiger partial charge >= 0.3 is 0 Å². The van der Waals surface area contributed by atoms with Crippen molar-refractivity contribution in [3.05, 3.63) is 60.7 Å². The molecule has 0 saturated carbocycles. The summed E-state index contributed by atoms with van der Waals surface area (Å²) in [5.74, 6) is 0. The standard InChI is InChI=1S/C18H24Si2/c1-19(17-11-5-3-6-12-17)15-9-10-16-20(19,2)18-13-7-4-8-14-18/h3-8,11-14H,9-10,15-16H2,1-2H3. The van der Waals surface area contributed by atoms with Gasteiger partial charge < -0.3 is 0 Å². The van der Waals surface area contributed by atoms with Gasteiger partial charge in [-0.2, -0.15) is 0 Å². The van der Waals surface area contributed by atoms with E-state index < -0.39 is 15.2 Å². The summed E-state index contributed by atoms with van der Waals surface area (Å²) in [6.07, 6.45) is 2.88. The molecule has 2 unspecified atom stereocenters. The molecule has 2 atom stereocenters. The van der Waals surface area contributed by atoms with Crippen LogP contribution in [0.3, 0.4) is 0 Å². The van der Waals surface area contributed by atoms with E-state index in [0.717, 1.165) is 0 Å². The van der Waals surface area contributed by atoms with Crippen LogP contribution in [0.15, 0.2) is 60.7 Å². The van der Waals surface area contributed by atoms with Gasteiger partial charge in [0.1, 0.15) is 0 Å². The van der Waals surface area contributed by atoms with Crippen LogP contribution in [-0.2, 0) is 0 Å². The summed E-state index contributed by atoms with van der Waals surface area (Å²) in [6.45, 7) is 5.33. The van der Waals surface area contributed by atoms with E-state index in [1.165, 1.54) is 24.9 Å². The molecule has 2 aromatic carbocycles. The summed E-state index contributed by atoms with van der Waals surface area (Å²) in [6, 6.07) is 25.9. The molecule has 0 aliphatic carbocycles. The Bertz CT molecular complexity index is 513. The van der Waals surface area contributed by atoms with Gasteiger partial charge in [0.05, 0.1) is 15.2 Å². The molecule has 0 N–H and O–H groups in total. The highest BCUT2D eigenvalue weighted by Gasteiger charge is 2.51. The van der Waals surface area contributed by atoms with Crippen molar-refractivity contribution in [1.29, 1.82) is 0 Å². The average Bonchev–Trinajstić information content (AvgIpc) is 2.52. The van der Waals surface area contributed by atoms with E-state index in [1.54, 1.807) is 10.4 Å². The molecule has 2 heteroatoms. The minimum Gasteiger partial charge on any atom is -0.0669 e. The number of benzene rings is 2. The second kappa shape index (κ2) is 5.34. The lowest BCUT2D eigenvalue weighted by Crippen LogP contribution is -2.73. The maximum atomic E-state index is 2.67. The largest absolute Gasteiger partial charge is 0.0824 e. The minimum absolute atomic E-state index is 1.37. The van der Waals surface area contributed by atoms with Crippen molar-refractivity contribution in [2.24, 2.45) is 0 Å². The zero-order valence-corrected chi connectivity index (χ0v) is 14.6. The molecule has 104 valence electrons. The van der Waals surface area contributed by atoms with Gasteiger partial charge in [0.2, 0.25) is 0 Å². The smallest absolute Gasteiger partial charge is 0.0669 e. The van der Waals surface area contributed by atoms with E-state index in [2.05, 4.69) is 73.8 Å². The molecule has 0 aromatic heterocycles. The first kappa shape index (κ1) is 13.8. The molecular formula is C18H24Si2. The SMILES string of the molecule is C[Si]1(c2ccccc2)CCCC[Si]1(C)c1ccccc1. The van der Waals surface area contributed by atoms with Crippen LogP contribution < -0.4 is 10.4 Å². The van der Waals surface area contributed by atoms with Crippen LogP contribution in [0, 0.1) is 0 Å². The lowest BCUT2D eigenvalue weighted by atomic mass is 10.4. The lowest BCUT2D eigenvalue weighted by Gasteiger charge is -2.48. The third-order valence-corrected chi connectivity index (χ3v) is 24.5. The van der Waals surface area contributed by atoms with Crippen LogP contribution in [-0.4, -0.2) is 15.2 Å².